The SMILES string of the molecule is COc1ccc2c(c1)c(-c1cc3c4c(cnc3n1SI)cnn4C)cn2C. The van der Waals surface area contributed by atoms with Gasteiger partial charge in [0, 0.05) is 84.1 Å². The minimum Gasteiger partial charge on any atom is -0.497 e. The highest BCUT2D eigenvalue weighted by molar-refractivity contribution is 14.2. The molecule has 0 aliphatic heterocycles. The van der Waals surface area contributed by atoms with Gasteiger partial charge in [-0.15, -0.1) is 0 Å². The number of halogens is 1. The van der Waals surface area contributed by atoms with E-state index in [4.69, 9.17) is 9.72 Å². The van der Waals surface area contributed by atoms with E-state index in [0.717, 1.165) is 44.3 Å². The number of benzene rings is 1. The van der Waals surface area contributed by atoms with Crippen LogP contribution < -0.4 is 4.74 Å². The molecular weight excluding hydrogens is 473 g/mol. The van der Waals surface area contributed by atoms with E-state index in [-0.39, 0.29) is 0 Å². The highest BCUT2D eigenvalue weighted by atomic mass is 127. The van der Waals surface area contributed by atoms with Crippen LogP contribution in [0, 0.1) is 0 Å². The van der Waals surface area contributed by atoms with Gasteiger partial charge in [0.15, 0.2) is 5.65 Å². The predicted octanol–water partition coefficient (Wildman–Crippen LogP) is 4.94. The summed E-state index contributed by atoms with van der Waals surface area (Å²) < 4.78 is 11.7. The van der Waals surface area contributed by atoms with Crippen LogP contribution in [0.25, 0.3) is 44.1 Å². The van der Waals surface area contributed by atoms with Gasteiger partial charge < -0.3 is 9.30 Å². The Hall–Kier alpha value is -2.20. The Morgan fingerprint density at radius 2 is 1.96 bits per heavy atom. The third-order valence-electron chi connectivity index (χ3n) is 5.02. The summed E-state index contributed by atoms with van der Waals surface area (Å²) in [6.45, 7) is 0. The zero-order valence-electron chi connectivity index (χ0n) is 15.0. The van der Waals surface area contributed by atoms with E-state index in [1.807, 2.05) is 30.2 Å². The summed E-state index contributed by atoms with van der Waals surface area (Å²) in [7, 11) is 7.36. The first kappa shape index (κ1) is 16.9. The molecule has 6 nitrogen and oxygen atoms in total. The van der Waals surface area contributed by atoms with Crippen molar-refractivity contribution in [1.82, 2.24) is 23.3 Å². The Morgan fingerprint density at radius 1 is 1.11 bits per heavy atom. The van der Waals surface area contributed by atoms with Crippen LogP contribution in [0.3, 0.4) is 0 Å². The summed E-state index contributed by atoms with van der Waals surface area (Å²) in [5.74, 6) is 0.854. The van der Waals surface area contributed by atoms with E-state index in [2.05, 4.69) is 66.3 Å². The van der Waals surface area contributed by atoms with Gasteiger partial charge in [0.25, 0.3) is 0 Å². The molecule has 8 heteroatoms. The molecule has 0 N–H and O–H groups in total. The van der Waals surface area contributed by atoms with E-state index in [1.54, 1.807) is 16.2 Å². The van der Waals surface area contributed by atoms with Gasteiger partial charge in [0.1, 0.15) is 5.75 Å². The third-order valence-corrected chi connectivity index (χ3v) is 6.71. The fourth-order valence-electron chi connectivity index (χ4n) is 3.75. The van der Waals surface area contributed by atoms with Crippen molar-refractivity contribution in [3.8, 4) is 17.0 Å². The lowest BCUT2D eigenvalue weighted by molar-refractivity contribution is 0.415. The van der Waals surface area contributed by atoms with Crippen LogP contribution >= 0.6 is 30.3 Å². The molecule has 4 aromatic heterocycles. The molecule has 0 unspecified atom stereocenters. The maximum atomic E-state index is 5.45. The summed E-state index contributed by atoms with van der Waals surface area (Å²) in [4.78, 5) is 4.71. The molecule has 5 rings (SSSR count). The van der Waals surface area contributed by atoms with Gasteiger partial charge in [-0.05, 0) is 24.3 Å². The maximum absolute atomic E-state index is 5.45. The Morgan fingerprint density at radius 3 is 2.74 bits per heavy atom. The molecule has 0 amide bonds. The second-order valence-corrected chi connectivity index (χ2v) is 8.18. The molecule has 0 bridgehead atoms. The van der Waals surface area contributed by atoms with Gasteiger partial charge in [0.05, 0.1) is 24.5 Å². The Balaban J connectivity index is 1.89. The fraction of sp³-hybridized carbons (Fsp3) is 0.158. The molecule has 4 heterocycles. The van der Waals surface area contributed by atoms with Crippen molar-refractivity contribution in [2.45, 2.75) is 0 Å². The molecule has 0 atom stereocenters. The van der Waals surface area contributed by atoms with Crippen molar-refractivity contribution in [3.05, 3.63) is 42.9 Å². The molecule has 1 aromatic carbocycles. The van der Waals surface area contributed by atoms with Gasteiger partial charge >= 0.3 is 0 Å². The zero-order chi connectivity index (χ0) is 18.7. The Labute approximate surface area is 171 Å². The van der Waals surface area contributed by atoms with Gasteiger partial charge in [-0.2, -0.15) is 5.10 Å². The second-order valence-electron chi connectivity index (χ2n) is 6.50. The first-order chi connectivity index (χ1) is 13.1. The standard InChI is InChI=1S/C19H16IN5OS/c1-23-10-15(13-6-12(26-3)4-5-16(13)23)17-7-14-18-11(9-22-24(18)2)8-21-19(14)25(17)27-20/h4-10H,1-3H3. The zero-order valence-corrected chi connectivity index (χ0v) is 17.9. The minimum absolute atomic E-state index is 0.854. The molecule has 0 saturated heterocycles. The highest BCUT2D eigenvalue weighted by Crippen LogP contribution is 2.40. The molecule has 0 aliphatic carbocycles. The monoisotopic (exact) mass is 489 g/mol. The van der Waals surface area contributed by atoms with E-state index in [1.165, 1.54) is 5.52 Å². The van der Waals surface area contributed by atoms with Crippen LogP contribution in [0.1, 0.15) is 0 Å². The number of ether oxygens (including phenoxy) is 1. The number of nitrogens with zero attached hydrogens (tertiary/aromatic N) is 5. The Kier molecular flexibility index (Phi) is 3.87. The average Bonchev–Trinajstić information content (AvgIpc) is 3.34. The van der Waals surface area contributed by atoms with E-state index >= 15 is 0 Å². The van der Waals surface area contributed by atoms with Crippen LogP contribution in [0.4, 0.5) is 0 Å². The lowest BCUT2D eigenvalue weighted by Crippen LogP contribution is -1.91. The first-order valence-corrected chi connectivity index (χ1v) is 11.7. The van der Waals surface area contributed by atoms with Crippen molar-refractivity contribution in [2.24, 2.45) is 14.1 Å². The van der Waals surface area contributed by atoms with Crippen molar-refractivity contribution in [3.63, 3.8) is 0 Å². The van der Waals surface area contributed by atoms with Gasteiger partial charge in [0.2, 0.25) is 0 Å². The number of fused-ring (bicyclic) bond motifs is 4. The normalized spacial score (nSPS) is 11.9. The van der Waals surface area contributed by atoms with E-state index < -0.39 is 0 Å². The van der Waals surface area contributed by atoms with Gasteiger partial charge in [-0.3, -0.25) is 8.65 Å². The van der Waals surface area contributed by atoms with Crippen LogP contribution in [-0.4, -0.2) is 30.4 Å². The van der Waals surface area contributed by atoms with Crippen molar-refractivity contribution in [2.75, 3.05) is 7.11 Å². The molecule has 27 heavy (non-hydrogen) atoms. The largest absolute Gasteiger partial charge is 0.497 e. The summed E-state index contributed by atoms with van der Waals surface area (Å²) in [6.07, 6.45) is 5.92. The molecule has 0 saturated carbocycles. The Bertz CT molecular complexity index is 1330. The number of aryl methyl sites for hydroxylation is 2. The molecule has 0 radical (unpaired) electrons. The topological polar surface area (TPSA) is 49.8 Å². The van der Waals surface area contributed by atoms with Crippen LogP contribution in [0.5, 0.6) is 5.75 Å². The molecule has 0 fully saturated rings. The molecule has 0 spiro atoms. The first-order valence-electron chi connectivity index (χ1n) is 8.37. The van der Waals surface area contributed by atoms with Crippen molar-refractivity contribution < 1.29 is 4.74 Å². The fourth-order valence-corrected chi connectivity index (χ4v) is 5.38. The molecular formula is C19H16IN5OS. The second kappa shape index (κ2) is 6.16. The molecule has 5 aromatic rings. The molecule has 0 aliphatic rings. The maximum Gasteiger partial charge on any atom is 0.153 e. The summed E-state index contributed by atoms with van der Waals surface area (Å²) in [5, 5.41) is 7.71. The minimum atomic E-state index is 0.854. The summed E-state index contributed by atoms with van der Waals surface area (Å²) in [5.41, 5.74) is 5.48. The third kappa shape index (κ3) is 2.39. The molecule has 136 valence electrons. The van der Waals surface area contributed by atoms with E-state index in [9.17, 15) is 0 Å². The lowest BCUT2D eigenvalue weighted by atomic mass is 10.1. The predicted molar refractivity (Wildman–Crippen MR) is 119 cm³/mol. The van der Waals surface area contributed by atoms with Crippen molar-refractivity contribution in [1.29, 1.82) is 0 Å². The summed E-state index contributed by atoms with van der Waals surface area (Å²) >= 11 is 2.31. The van der Waals surface area contributed by atoms with Crippen LogP contribution in [0.15, 0.2) is 42.9 Å². The van der Waals surface area contributed by atoms with Crippen molar-refractivity contribution >= 4 is 63.2 Å². The average molecular weight is 489 g/mol. The van der Waals surface area contributed by atoms with Gasteiger partial charge in [-0.1, -0.05) is 0 Å². The smallest absolute Gasteiger partial charge is 0.153 e. The number of aromatic nitrogens is 5. The number of rotatable bonds is 3. The van der Waals surface area contributed by atoms with E-state index in [0.29, 0.717) is 0 Å². The van der Waals surface area contributed by atoms with Crippen LogP contribution in [-0.2, 0) is 14.1 Å². The number of pyridine rings is 1. The van der Waals surface area contributed by atoms with Crippen LogP contribution in [0.2, 0.25) is 0 Å². The number of methoxy groups -OCH3 is 1. The number of hydrogen-bond donors (Lipinski definition) is 0. The van der Waals surface area contributed by atoms with Gasteiger partial charge in [-0.25, -0.2) is 4.98 Å². The summed E-state index contributed by atoms with van der Waals surface area (Å²) in [6, 6.07) is 8.40. The number of hydrogen-bond acceptors (Lipinski definition) is 4. The lowest BCUT2D eigenvalue weighted by Gasteiger charge is -2.05. The quantitative estimate of drug-likeness (QED) is 0.337. The highest BCUT2D eigenvalue weighted by Gasteiger charge is 2.19.